The highest BCUT2D eigenvalue weighted by molar-refractivity contribution is 7.98. The molecule has 0 aliphatic heterocycles. The predicted molar refractivity (Wildman–Crippen MR) is 72.6 cm³/mol. The first-order valence-corrected chi connectivity index (χ1v) is 7.36. The van der Waals surface area contributed by atoms with E-state index < -0.39 is 0 Å². The lowest BCUT2D eigenvalue weighted by molar-refractivity contribution is 0.0735. The summed E-state index contributed by atoms with van der Waals surface area (Å²) in [6.07, 6.45) is 6.87. The van der Waals surface area contributed by atoms with Crippen molar-refractivity contribution in [2.24, 2.45) is 0 Å². The first kappa shape index (κ1) is 12.5. The van der Waals surface area contributed by atoms with E-state index in [4.69, 9.17) is 0 Å². The zero-order valence-corrected chi connectivity index (χ0v) is 11.3. The van der Waals surface area contributed by atoms with Crippen LogP contribution in [0.2, 0.25) is 0 Å². The van der Waals surface area contributed by atoms with Crippen molar-refractivity contribution in [1.82, 2.24) is 4.90 Å². The standard InChI is InChI=1S/C14H19NOS/c1-15(12-5-3-4-6-12)14(16)11-7-9-13(17-2)10-8-11/h7-10,12H,3-6H2,1-2H3. The fourth-order valence-corrected chi connectivity index (χ4v) is 2.80. The molecule has 1 saturated carbocycles. The summed E-state index contributed by atoms with van der Waals surface area (Å²) in [5, 5.41) is 0. The van der Waals surface area contributed by atoms with Gasteiger partial charge in [0.05, 0.1) is 0 Å². The molecule has 0 radical (unpaired) electrons. The quantitative estimate of drug-likeness (QED) is 0.765. The van der Waals surface area contributed by atoms with Crippen LogP contribution in [-0.4, -0.2) is 30.2 Å². The summed E-state index contributed by atoms with van der Waals surface area (Å²) in [7, 11) is 1.93. The van der Waals surface area contributed by atoms with Crippen LogP contribution < -0.4 is 0 Å². The van der Waals surface area contributed by atoms with Gasteiger partial charge in [0.25, 0.3) is 5.91 Å². The van der Waals surface area contributed by atoms with Gasteiger partial charge in [0.15, 0.2) is 0 Å². The molecule has 92 valence electrons. The fourth-order valence-electron chi connectivity index (χ4n) is 2.39. The Hall–Kier alpha value is -0.960. The van der Waals surface area contributed by atoms with Crippen LogP contribution in [0.3, 0.4) is 0 Å². The SMILES string of the molecule is CSc1ccc(C(=O)N(C)C2CCCC2)cc1. The molecule has 2 rings (SSSR count). The summed E-state index contributed by atoms with van der Waals surface area (Å²) in [4.78, 5) is 15.4. The van der Waals surface area contributed by atoms with E-state index in [-0.39, 0.29) is 5.91 Å². The summed E-state index contributed by atoms with van der Waals surface area (Å²) in [5.41, 5.74) is 0.803. The highest BCUT2D eigenvalue weighted by atomic mass is 32.2. The van der Waals surface area contributed by atoms with Crippen LogP contribution in [-0.2, 0) is 0 Å². The Bertz CT molecular complexity index is 382. The number of nitrogens with zero attached hydrogens (tertiary/aromatic N) is 1. The second kappa shape index (κ2) is 5.58. The molecule has 0 N–H and O–H groups in total. The summed E-state index contributed by atoms with van der Waals surface area (Å²) in [6.45, 7) is 0. The third kappa shape index (κ3) is 2.83. The molecule has 1 aliphatic carbocycles. The largest absolute Gasteiger partial charge is 0.339 e. The number of thioether (sulfide) groups is 1. The first-order chi connectivity index (χ1) is 8.22. The normalized spacial score (nSPS) is 16.1. The Morgan fingerprint density at radius 1 is 1.24 bits per heavy atom. The molecule has 17 heavy (non-hydrogen) atoms. The van der Waals surface area contributed by atoms with Gasteiger partial charge in [0.2, 0.25) is 0 Å². The van der Waals surface area contributed by atoms with Crippen LogP contribution in [0.5, 0.6) is 0 Å². The molecule has 0 spiro atoms. The molecule has 1 aliphatic rings. The van der Waals surface area contributed by atoms with Crippen LogP contribution in [0.25, 0.3) is 0 Å². The van der Waals surface area contributed by atoms with Crippen molar-refractivity contribution in [1.29, 1.82) is 0 Å². The van der Waals surface area contributed by atoms with E-state index in [0.717, 1.165) is 18.4 Å². The van der Waals surface area contributed by atoms with Crippen LogP contribution >= 0.6 is 11.8 Å². The Labute approximate surface area is 107 Å². The summed E-state index contributed by atoms with van der Waals surface area (Å²) in [5.74, 6) is 0.157. The minimum absolute atomic E-state index is 0.157. The zero-order chi connectivity index (χ0) is 12.3. The van der Waals surface area contributed by atoms with E-state index >= 15 is 0 Å². The Morgan fingerprint density at radius 2 is 1.82 bits per heavy atom. The molecular formula is C14H19NOS. The molecule has 0 unspecified atom stereocenters. The summed E-state index contributed by atoms with van der Waals surface area (Å²) in [6, 6.07) is 8.34. The lowest BCUT2D eigenvalue weighted by Gasteiger charge is -2.24. The van der Waals surface area contributed by atoms with E-state index in [2.05, 4.69) is 0 Å². The third-order valence-electron chi connectivity index (χ3n) is 3.53. The van der Waals surface area contributed by atoms with Crippen LogP contribution in [0.4, 0.5) is 0 Å². The van der Waals surface area contributed by atoms with E-state index in [1.54, 1.807) is 11.8 Å². The van der Waals surface area contributed by atoms with Gasteiger partial charge in [-0.2, -0.15) is 0 Å². The highest BCUT2D eigenvalue weighted by Crippen LogP contribution is 2.24. The van der Waals surface area contributed by atoms with Crippen molar-refractivity contribution in [3.63, 3.8) is 0 Å². The van der Waals surface area contributed by atoms with E-state index in [1.807, 2.05) is 42.5 Å². The van der Waals surface area contributed by atoms with Gasteiger partial charge in [-0.25, -0.2) is 0 Å². The predicted octanol–water partition coefficient (Wildman–Crippen LogP) is 3.42. The number of hydrogen-bond donors (Lipinski definition) is 0. The van der Waals surface area contributed by atoms with Crippen molar-refractivity contribution in [3.8, 4) is 0 Å². The molecule has 0 saturated heterocycles. The molecule has 3 heteroatoms. The second-order valence-corrected chi connectivity index (χ2v) is 5.46. The number of carbonyl (C=O) groups excluding carboxylic acids is 1. The molecule has 1 fully saturated rings. The van der Waals surface area contributed by atoms with Crippen LogP contribution in [0.15, 0.2) is 29.2 Å². The maximum absolute atomic E-state index is 12.3. The Balaban J connectivity index is 2.07. The topological polar surface area (TPSA) is 20.3 Å². The maximum atomic E-state index is 12.3. The number of rotatable bonds is 3. The average Bonchev–Trinajstić information content (AvgIpc) is 2.91. The smallest absolute Gasteiger partial charge is 0.253 e. The molecular weight excluding hydrogens is 230 g/mol. The summed E-state index contributed by atoms with van der Waals surface area (Å²) < 4.78 is 0. The summed E-state index contributed by atoms with van der Waals surface area (Å²) >= 11 is 1.70. The number of benzene rings is 1. The van der Waals surface area contributed by atoms with Crippen LogP contribution in [0.1, 0.15) is 36.0 Å². The molecule has 0 bridgehead atoms. The Kier molecular flexibility index (Phi) is 4.11. The van der Waals surface area contributed by atoms with Crippen molar-refractivity contribution >= 4 is 17.7 Å². The van der Waals surface area contributed by atoms with Crippen molar-refractivity contribution in [2.75, 3.05) is 13.3 Å². The highest BCUT2D eigenvalue weighted by Gasteiger charge is 2.23. The van der Waals surface area contributed by atoms with E-state index in [0.29, 0.717) is 6.04 Å². The van der Waals surface area contributed by atoms with Gasteiger partial charge in [-0.3, -0.25) is 4.79 Å². The number of amides is 1. The lowest BCUT2D eigenvalue weighted by Crippen LogP contribution is -2.35. The Morgan fingerprint density at radius 3 is 2.35 bits per heavy atom. The minimum atomic E-state index is 0.157. The van der Waals surface area contributed by atoms with Gasteiger partial charge in [0, 0.05) is 23.5 Å². The van der Waals surface area contributed by atoms with Gasteiger partial charge in [-0.15, -0.1) is 11.8 Å². The lowest BCUT2D eigenvalue weighted by atomic mass is 10.1. The molecule has 1 amide bonds. The minimum Gasteiger partial charge on any atom is -0.339 e. The molecule has 2 nitrogen and oxygen atoms in total. The fraction of sp³-hybridized carbons (Fsp3) is 0.500. The maximum Gasteiger partial charge on any atom is 0.253 e. The average molecular weight is 249 g/mol. The van der Waals surface area contributed by atoms with Crippen molar-refractivity contribution < 1.29 is 4.79 Å². The zero-order valence-electron chi connectivity index (χ0n) is 10.5. The van der Waals surface area contributed by atoms with Gasteiger partial charge in [0.1, 0.15) is 0 Å². The molecule has 0 heterocycles. The van der Waals surface area contributed by atoms with Crippen molar-refractivity contribution in [3.05, 3.63) is 29.8 Å². The monoisotopic (exact) mass is 249 g/mol. The number of hydrogen-bond acceptors (Lipinski definition) is 2. The van der Waals surface area contributed by atoms with E-state index in [9.17, 15) is 4.79 Å². The van der Waals surface area contributed by atoms with Crippen LogP contribution in [0, 0.1) is 0 Å². The van der Waals surface area contributed by atoms with Gasteiger partial charge < -0.3 is 4.90 Å². The molecule has 0 aromatic heterocycles. The van der Waals surface area contributed by atoms with Gasteiger partial charge in [-0.1, -0.05) is 12.8 Å². The first-order valence-electron chi connectivity index (χ1n) is 6.13. The van der Waals surface area contributed by atoms with Gasteiger partial charge in [-0.05, 0) is 43.4 Å². The second-order valence-electron chi connectivity index (χ2n) is 4.58. The van der Waals surface area contributed by atoms with Gasteiger partial charge >= 0.3 is 0 Å². The molecule has 1 aromatic carbocycles. The molecule has 0 atom stereocenters. The third-order valence-corrected chi connectivity index (χ3v) is 4.27. The number of carbonyl (C=O) groups is 1. The van der Waals surface area contributed by atoms with Crippen molar-refractivity contribution in [2.45, 2.75) is 36.6 Å². The molecule has 1 aromatic rings. The van der Waals surface area contributed by atoms with E-state index in [1.165, 1.54) is 17.7 Å².